The summed E-state index contributed by atoms with van der Waals surface area (Å²) in [7, 11) is 0. The van der Waals surface area contributed by atoms with Crippen molar-refractivity contribution in [3.05, 3.63) is 140 Å². The van der Waals surface area contributed by atoms with Gasteiger partial charge >= 0.3 is 0 Å². The number of pyridine rings is 4. The Morgan fingerprint density at radius 1 is 0.662 bits per heavy atom. The van der Waals surface area contributed by atoms with Gasteiger partial charge in [-0.25, -0.2) is 19.9 Å². The Bertz CT molecular complexity index is 3930. The second-order valence-electron chi connectivity index (χ2n) is 18.0. The third kappa shape index (κ3) is 7.02. The van der Waals surface area contributed by atoms with Gasteiger partial charge in [-0.1, -0.05) is 26.8 Å². The number of carbonyl (C=O) groups excluding carboxylic acids is 1. The Morgan fingerprint density at radius 3 is 2.16 bits per heavy atom. The summed E-state index contributed by atoms with van der Waals surface area (Å²) in [6, 6.07) is 14.3. The Morgan fingerprint density at radius 2 is 1.40 bits per heavy atom. The molecule has 0 spiro atoms. The Balaban J connectivity index is 0.882. The number of aromatic amines is 4. The van der Waals surface area contributed by atoms with E-state index in [2.05, 4.69) is 74.6 Å². The summed E-state index contributed by atoms with van der Waals surface area (Å²) < 4.78 is 3.87. The van der Waals surface area contributed by atoms with Gasteiger partial charge in [0.05, 0.1) is 94.2 Å². The van der Waals surface area contributed by atoms with Crippen molar-refractivity contribution in [3.63, 3.8) is 0 Å². The molecule has 0 fully saturated rings. The molecule has 10 heterocycles. The van der Waals surface area contributed by atoms with E-state index in [9.17, 15) is 4.79 Å². The van der Waals surface area contributed by atoms with Crippen molar-refractivity contribution in [1.82, 2.24) is 79.4 Å². The van der Waals surface area contributed by atoms with E-state index in [1.807, 2.05) is 85.8 Å². The molecule has 0 unspecified atom stereocenters. The van der Waals surface area contributed by atoms with E-state index in [1.165, 1.54) is 0 Å². The molecule has 12 rings (SSSR count). The molecular weight excluding hydrogens is 855 g/mol. The lowest BCUT2D eigenvalue weighted by molar-refractivity contribution is -0.123. The van der Waals surface area contributed by atoms with E-state index in [0.29, 0.717) is 35.0 Å². The first-order valence-corrected chi connectivity index (χ1v) is 21.9. The molecule has 0 aliphatic carbocycles. The van der Waals surface area contributed by atoms with Gasteiger partial charge in [0, 0.05) is 64.7 Å². The van der Waals surface area contributed by atoms with Crippen LogP contribution in [0.5, 0.6) is 0 Å². The maximum Gasteiger partial charge on any atom is 0.229 e. The first-order valence-electron chi connectivity index (χ1n) is 21.9. The van der Waals surface area contributed by atoms with Crippen molar-refractivity contribution in [2.45, 2.75) is 41.0 Å². The van der Waals surface area contributed by atoms with E-state index in [4.69, 9.17) is 20.1 Å². The van der Waals surface area contributed by atoms with E-state index in [1.54, 1.807) is 56.0 Å². The molecule has 332 valence electrons. The molecule has 0 saturated carbocycles. The molecule has 0 bridgehead atoms. The number of aromatic nitrogens is 16. The summed E-state index contributed by atoms with van der Waals surface area (Å²) in [5, 5.41) is 20.8. The van der Waals surface area contributed by atoms with Crippen LogP contribution in [0.1, 0.15) is 43.3 Å². The van der Waals surface area contributed by atoms with Crippen LogP contribution in [0, 0.1) is 19.3 Å². The average molecular weight is 896 g/mol. The standard InChI is InChI=1S/C50H41N17O/c1-26-8-9-51-17-36(26)29-10-30(42-35(14-29)44(65-63-42)48-59-38-18-53-20-40(45(38)61-48)66-22-27(2)55-24-66)11-33-23-67(25-56-33)41-21-54-19-39-46(41)60-47(58-39)43-34-13-28(6-7-37(34)62-64-43)31-12-32(16-52-15-31)57-49(68)50(3,4)5/h6-10,12-25H,11H2,1-5H3,(H,57,68)(H,58,60)(H,59,61)(H,62,64)(H,63,65). The fourth-order valence-electron chi connectivity index (χ4n) is 8.57. The molecule has 0 radical (unpaired) electrons. The van der Waals surface area contributed by atoms with Crippen LogP contribution in [0.3, 0.4) is 0 Å². The monoisotopic (exact) mass is 895 g/mol. The molecule has 68 heavy (non-hydrogen) atoms. The minimum absolute atomic E-state index is 0.0869. The minimum Gasteiger partial charge on any atom is -0.335 e. The quantitative estimate of drug-likeness (QED) is 0.0917. The maximum absolute atomic E-state index is 12.7. The zero-order valence-corrected chi connectivity index (χ0v) is 37.5. The molecule has 0 aliphatic heterocycles. The van der Waals surface area contributed by atoms with E-state index in [-0.39, 0.29) is 5.91 Å². The summed E-state index contributed by atoms with van der Waals surface area (Å²) in [4.78, 5) is 57.1. The normalized spacial score (nSPS) is 12.0. The Kier molecular flexibility index (Phi) is 9.18. The number of anilines is 1. The summed E-state index contributed by atoms with van der Waals surface area (Å²) in [5.41, 5.74) is 15.3. The number of hydrogen-bond acceptors (Lipinski definition) is 11. The Labute approximate surface area is 386 Å². The molecule has 18 nitrogen and oxygen atoms in total. The average Bonchev–Trinajstić information content (AvgIpc) is 4.20. The molecule has 5 N–H and O–H groups in total. The summed E-state index contributed by atoms with van der Waals surface area (Å²) in [6.45, 7) is 9.66. The molecular formula is C50H41N17O. The first-order chi connectivity index (χ1) is 33.0. The fraction of sp³-hybridized carbons (Fsp3) is 0.140. The number of imidazole rings is 4. The minimum atomic E-state index is -0.543. The van der Waals surface area contributed by atoms with Crippen molar-refractivity contribution in [2.24, 2.45) is 5.41 Å². The predicted molar refractivity (Wildman–Crippen MR) is 259 cm³/mol. The van der Waals surface area contributed by atoms with E-state index >= 15 is 0 Å². The van der Waals surface area contributed by atoms with Gasteiger partial charge in [-0.2, -0.15) is 10.2 Å². The number of amides is 1. The second-order valence-corrected chi connectivity index (χ2v) is 18.0. The number of fused-ring (bicyclic) bond motifs is 4. The number of aryl methyl sites for hydroxylation is 2. The highest BCUT2D eigenvalue weighted by Gasteiger charge is 2.23. The largest absolute Gasteiger partial charge is 0.335 e. The number of carbonyl (C=O) groups is 1. The molecule has 18 heteroatoms. The van der Waals surface area contributed by atoms with Gasteiger partial charge in [0.1, 0.15) is 22.4 Å². The van der Waals surface area contributed by atoms with Gasteiger partial charge in [-0.3, -0.25) is 34.9 Å². The number of nitrogens with zero attached hydrogens (tertiary/aromatic N) is 12. The van der Waals surface area contributed by atoms with Gasteiger partial charge in [-0.05, 0) is 72.5 Å². The van der Waals surface area contributed by atoms with Crippen LogP contribution >= 0.6 is 0 Å². The Hall–Kier alpha value is -9.19. The molecule has 0 saturated heterocycles. The third-order valence-electron chi connectivity index (χ3n) is 12.1. The second kappa shape index (κ2) is 15.5. The van der Waals surface area contributed by atoms with Crippen LogP contribution < -0.4 is 5.32 Å². The summed E-state index contributed by atoms with van der Waals surface area (Å²) in [5.74, 6) is 1.13. The third-order valence-corrected chi connectivity index (χ3v) is 12.1. The van der Waals surface area contributed by atoms with Crippen molar-refractivity contribution in [1.29, 1.82) is 0 Å². The van der Waals surface area contributed by atoms with Gasteiger partial charge in [-0.15, -0.1) is 0 Å². The lowest BCUT2D eigenvalue weighted by Gasteiger charge is -2.17. The van der Waals surface area contributed by atoms with E-state index < -0.39 is 5.41 Å². The highest BCUT2D eigenvalue weighted by molar-refractivity contribution is 6.00. The lowest BCUT2D eigenvalue weighted by atomic mass is 9.95. The van der Waals surface area contributed by atoms with Crippen LogP contribution in [0.2, 0.25) is 0 Å². The van der Waals surface area contributed by atoms with Crippen LogP contribution in [0.4, 0.5) is 5.69 Å². The molecule has 12 aromatic rings. The van der Waals surface area contributed by atoms with Crippen LogP contribution in [0.25, 0.3) is 101 Å². The summed E-state index contributed by atoms with van der Waals surface area (Å²) >= 11 is 0. The van der Waals surface area contributed by atoms with Crippen molar-refractivity contribution >= 4 is 55.5 Å². The number of H-pyrrole nitrogens is 4. The van der Waals surface area contributed by atoms with Crippen LogP contribution in [-0.4, -0.2) is 85.3 Å². The smallest absolute Gasteiger partial charge is 0.229 e. The molecule has 1 amide bonds. The van der Waals surface area contributed by atoms with Crippen molar-refractivity contribution in [3.8, 4) is 56.7 Å². The van der Waals surface area contributed by atoms with Gasteiger partial charge in [0.2, 0.25) is 5.91 Å². The van der Waals surface area contributed by atoms with Gasteiger partial charge < -0.3 is 24.4 Å². The highest BCUT2D eigenvalue weighted by atomic mass is 16.2. The fourth-order valence-corrected chi connectivity index (χ4v) is 8.57. The molecule has 0 atom stereocenters. The first kappa shape index (κ1) is 40.3. The molecule has 2 aromatic carbocycles. The topological polar surface area (TPSA) is 231 Å². The van der Waals surface area contributed by atoms with Gasteiger partial charge in [0.25, 0.3) is 0 Å². The SMILES string of the molecule is Cc1cn(-c2cncc3[nH]c(-c4[nH]nc5c(Cc6cn(-c7cncc8[nH]c(-c9n[nH]c%10ccc(-c%11cncc(NC(=O)C(C)(C)C)c%11)cc9%10)nc78)cn6)cc(-c6cnccc6C)cc45)nc23)cn1. The highest BCUT2D eigenvalue weighted by Crippen LogP contribution is 2.36. The molecule has 10 aromatic heterocycles. The maximum atomic E-state index is 12.7. The zero-order chi connectivity index (χ0) is 46.3. The molecule has 0 aliphatic rings. The number of rotatable bonds is 9. The summed E-state index contributed by atoms with van der Waals surface area (Å²) in [6.07, 6.45) is 22.2. The predicted octanol–water partition coefficient (Wildman–Crippen LogP) is 9.00. The van der Waals surface area contributed by atoms with Crippen molar-refractivity contribution in [2.75, 3.05) is 5.32 Å². The lowest BCUT2D eigenvalue weighted by Crippen LogP contribution is -2.27. The van der Waals surface area contributed by atoms with Crippen molar-refractivity contribution < 1.29 is 4.79 Å². The van der Waals surface area contributed by atoms with Crippen LogP contribution in [0.15, 0.2) is 117 Å². The number of nitrogens with one attached hydrogen (secondary N) is 5. The van der Waals surface area contributed by atoms with Gasteiger partial charge in [0.15, 0.2) is 11.6 Å². The number of hydrogen-bond donors (Lipinski definition) is 5. The zero-order valence-electron chi connectivity index (χ0n) is 37.5. The van der Waals surface area contributed by atoms with Crippen LogP contribution in [-0.2, 0) is 11.2 Å². The number of benzene rings is 2. The van der Waals surface area contributed by atoms with E-state index in [0.717, 1.165) is 100 Å².